The van der Waals surface area contributed by atoms with Crippen LogP contribution in [-0.4, -0.2) is 10.5 Å². The average Bonchev–Trinajstić information content (AvgIpc) is 2.96. The molecule has 0 aliphatic rings. The Labute approximate surface area is 185 Å². The number of carbonyl (C=O) groups is 1. The Morgan fingerprint density at radius 3 is 2.34 bits per heavy atom. The Morgan fingerprint density at radius 2 is 1.72 bits per heavy atom. The molecule has 0 bridgehead atoms. The maximum absolute atomic E-state index is 12.6. The minimum atomic E-state index is -0.408. The topological polar surface area (TPSA) is 57.8 Å². The standard InChI is InChI=1S/C24H22IN3O/c1-15-5-8-22(11-16(15)2)27-24(29)20(14-26)13-19-12-17(3)28(18(19)4)23-9-6-21(25)7-10-23/h5-13H,1-4H3,(H,27,29)/b20-13-. The number of carbonyl (C=O) groups excluding carboxylic acids is 1. The molecular formula is C24H22IN3O. The summed E-state index contributed by atoms with van der Waals surface area (Å²) in [5, 5.41) is 12.4. The maximum atomic E-state index is 12.6. The molecule has 4 nitrogen and oxygen atoms in total. The van der Waals surface area contributed by atoms with Crippen LogP contribution in [0.15, 0.2) is 54.1 Å². The number of anilines is 1. The van der Waals surface area contributed by atoms with Gasteiger partial charge in [-0.2, -0.15) is 5.26 Å². The number of nitrogens with zero attached hydrogens (tertiary/aromatic N) is 2. The van der Waals surface area contributed by atoms with Crippen molar-refractivity contribution >= 4 is 40.3 Å². The molecule has 1 heterocycles. The zero-order valence-electron chi connectivity index (χ0n) is 16.9. The lowest BCUT2D eigenvalue weighted by molar-refractivity contribution is -0.112. The summed E-state index contributed by atoms with van der Waals surface area (Å²) in [7, 11) is 0. The number of hydrogen-bond donors (Lipinski definition) is 1. The Morgan fingerprint density at radius 1 is 1.03 bits per heavy atom. The molecule has 0 atom stereocenters. The molecule has 2 aromatic carbocycles. The van der Waals surface area contributed by atoms with Gasteiger partial charge < -0.3 is 9.88 Å². The van der Waals surface area contributed by atoms with Crippen LogP contribution in [0.25, 0.3) is 11.8 Å². The van der Waals surface area contributed by atoms with Gasteiger partial charge in [0, 0.05) is 26.3 Å². The fraction of sp³-hybridized carbons (Fsp3) is 0.167. The van der Waals surface area contributed by atoms with Gasteiger partial charge >= 0.3 is 0 Å². The summed E-state index contributed by atoms with van der Waals surface area (Å²) in [6.07, 6.45) is 1.65. The predicted molar refractivity (Wildman–Crippen MR) is 126 cm³/mol. The molecule has 3 aromatic rings. The first-order valence-electron chi connectivity index (χ1n) is 9.25. The molecule has 0 aliphatic heterocycles. The fourth-order valence-electron chi connectivity index (χ4n) is 3.24. The van der Waals surface area contributed by atoms with Crippen LogP contribution in [0.4, 0.5) is 5.69 Å². The van der Waals surface area contributed by atoms with Gasteiger partial charge in [-0.05, 0) is 116 Å². The van der Waals surface area contributed by atoms with E-state index in [1.165, 1.54) is 3.57 Å². The summed E-state index contributed by atoms with van der Waals surface area (Å²) in [6, 6.07) is 18.0. The lowest BCUT2D eigenvalue weighted by atomic mass is 10.1. The van der Waals surface area contributed by atoms with Crippen LogP contribution in [0.1, 0.15) is 28.1 Å². The van der Waals surface area contributed by atoms with Gasteiger partial charge in [-0.3, -0.25) is 4.79 Å². The van der Waals surface area contributed by atoms with Crippen LogP contribution in [0.2, 0.25) is 0 Å². The molecule has 146 valence electrons. The summed E-state index contributed by atoms with van der Waals surface area (Å²) in [5.74, 6) is -0.408. The number of benzene rings is 2. The molecule has 0 fully saturated rings. The van der Waals surface area contributed by atoms with E-state index in [2.05, 4.69) is 56.7 Å². The van der Waals surface area contributed by atoms with Crippen molar-refractivity contribution in [2.45, 2.75) is 27.7 Å². The van der Waals surface area contributed by atoms with Gasteiger partial charge in [-0.25, -0.2) is 0 Å². The van der Waals surface area contributed by atoms with Gasteiger partial charge in [0.05, 0.1) is 0 Å². The van der Waals surface area contributed by atoms with Gasteiger partial charge in [-0.1, -0.05) is 6.07 Å². The second-order valence-corrected chi connectivity index (χ2v) is 8.31. The first-order valence-corrected chi connectivity index (χ1v) is 10.3. The van der Waals surface area contributed by atoms with E-state index in [-0.39, 0.29) is 5.57 Å². The number of aryl methyl sites for hydroxylation is 3. The zero-order valence-corrected chi connectivity index (χ0v) is 19.0. The molecule has 1 amide bonds. The zero-order chi connectivity index (χ0) is 21.1. The Kier molecular flexibility index (Phi) is 6.23. The fourth-order valence-corrected chi connectivity index (χ4v) is 3.60. The number of amides is 1. The smallest absolute Gasteiger partial charge is 0.266 e. The molecule has 29 heavy (non-hydrogen) atoms. The van der Waals surface area contributed by atoms with Crippen LogP contribution in [0.3, 0.4) is 0 Å². The lowest BCUT2D eigenvalue weighted by Gasteiger charge is -2.10. The van der Waals surface area contributed by atoms with Crippen molar-refractivity contribution in [3.63, 3.8) is 0 Å². The van der Waals surface area contributed by atoms with Crippen molar-refractivity contribution in [2.24, 2.45) is 0 Å². The molecule has 0 radical (unpaired) electrons. The number of nitriles is 1. The van der Waals surface area contributed by atoms with Crippen LogP contribution < -0.4 is 5.32 Å². The highest BCUT2D eigenvalue weighted by Crippen LogP contribution is 2.24. The molecule has 0 spiro atoms. The molecule has 0 saturated heterocycles. The van der Waals surface area contributed by atoms with Crippen molar-refractivity contribution in [1.82, 2.24) is 4.57 Å². The first kappa shape index (κ1) is 20.9. The number of aromatic nitrogens is 1. The van der Waals surface area contributed by atoms with E-state index in [4.69, 9.17) is 0 Å². The van der Waals surface area contributed by atoms with Gasteiger partial charge in [0.1, 0.15) is 11.6 Å². The van der Waals surface area contributed by atoms with E-state index >= 15 is 0 Å². The SMILES string of the molecule is Cc1ccc(NC(=O)/C(C#N)=C\c2cc(C)n(-c3ccc(I)cc3)c2C)cc1C. The third kappa shape index (κ3) is 4.60. The highest BCUT2D eigenvalue weighted by molar-refractivity contribution is 14.1. The highest BCUT2D eigenvalue weighted by Gasteiger charge is 2.14. The van der Waals surface area contributed by atoms with Crippen LogP contribution in [-0.2, 0) is 4.79 Å². The largest absolute Gasteiger partial charge is 0.321 e. The Hall–Kier alpha value is -2.85. The van der Waals surface area contributed by atoms with Gasteiger partial charge in [0.25, 0.3) is 5.91 Å². The Bertz CT molecular complexity index is 1150. The average molecular weight is 495 g/mol. The van der Waals surface area contributed by atoms with Crippen molar-refractivity contribution in [1.29, 1.82) is 5.26 Å². The summed E-state index contributed by atoms with van der Waals surface area (Å²) >= 11 is 2.28. The van der Waals surface area contributed by atoms with Gasteiger partial charge in [-0.15, -0.1) is 0 Å². The molecule has 3 rings (SSSR count). The maximum Gasteiger partial charge on any atom is 0.266 e. The molecule has 0 saturated carbocycles. The van der Waals surface area contributed by atoms with E-state index in [0.29, 0.717) is 5.69 Å². The van der Waals surface area contributed by atoms with E-state index in [1.54, 1.807) is 6.08 Å². The number of hydrogen-bond acceptors (Lipinski definition) is 2. The molecule has 0 unspecified atom stereocenters. The van der Waals surface area contributed by atoms with Crippen LogP contribution >= 0.6 is 22.6 Å². The summed E-state index contributed by atoms with van der Waals surface area (Å²) in [6.45, 7) is 8.02. The first-order chi connectivity index (χ1) is 13.8. The highest BCUT2D eigenvalue weighted by atomic mass is 127. The second-order valence-electron chi connectivity index (χ2n) is 7.06. The van der Waals surface area contributed by atoms with Crippen molar-refractivity contribution in [3.8, 4) is 11.8 Å². The lowest BCUT2D eigenvalue weighted by Crippen LogP contribution is -2.13. The third-order valence-corrected chi connectivity index (χ3v) is 5.70. The van der Waals surface area contributed by atoms with Crippen molar-refractivity contribution in [3.05, 3.63) is 85.8 Å². The quantitative estimate of drug-likeness (QED) is 0.280. The number of rotatable bonds is 4. The molecule has 5 heteroatoms. The van der Waals surface area contributed by atoms with Crippen LogP contribution in [0, 0.1) is 42.6 Å². The van der Waals surface area contributed by atoms with Crippen molar-refractivity contribution < 1.29 is 4.79 Å². The van der Waals surface area contributed by atoms with Gasteiger partial charge in [0.15, 0.2) is 0 Å². The molecule has 1 N–H and O–H groups in total. The summed E-state index contributed by atoms with van der Waals surface area (Å²) in [4.78, 5) is 12.6. The minimum absolute atomic E-state index is 0.0751. The van der Waals surface area contributed by atoms with Crippen LogP contribution in [0.5, 0.6) is 0 Å². The minimum Gasteiger partial charge on any atom is -0.321 e. The second kappa shape index (κ2) is 8.66. The van der Waals surface area contributed by atoms with Gasteiger partial charge in [0.2, 0.25) is 0 Å². The molecule has 0 aliphatic carbocycles. The normalized spacial score (nSPS) is 11.2. The van der Waals surface area contributed by atoms with Crippen molar-refractivity contribution in [2.75, 3.05) is 5.32 Å². The van der Waals surface area contributed by atoms with E-state index < -0.39 is 5.91 Å². The monoisotopic (exact) mass is 495 g/mol. The summed E-state index contributed by atoms with van der Waals surface area (Å²) < 4.78 is 3.29. The number of halogens is 1. The summed E-state index contributed by atoms with van der Waals surface area (Å²) in [5.41, 5.74) is 6.94. The molecule has 1 aromatic heterocycles. The number of nitrogens with one attached hydrogen (secondary N) is 1. The Balaban J connectivity index is 1.92. The van der Waals surface area contributed by atoms with E-state index in [9.17, 15) is 10.1 Å². The van der Waals surface area contributed by atoms with E-state index in [0.717, 1.165) is 33.8 Å². The van der Waals surface area contributed by atoms with E-state index in [1.807, 2.05) is 58.0 Å². The third-order valence-electron chi connectivity index (χ3n) is 4.98. The predicted octanol–water partition coefficient (Wildman–Crippen LogP) is 5.86. The molecular weight excluding hydrogens is 473 g/mol.